The van der Waals surface area contributed by atoms with Crippen molar-refractivity contribution in [3.05, 3.63) is 59.1 Å². The summed E-state index contributed by atoms with van der Waals surface area (Å²) in [5, 5.41) is 11.5. The Labute approximate surface area is 165 Å². The van der Waals surface area contributed by atoms with E-state index in [-0.39, 0.29) is 24.2 Å². The Bertz CT molecular complexity index is 829. The molecule has 0 saturated carbocycles. The molecule has 2 aromatic heterocycles. The predicted octanol–water partition coefficient (Wildman–Crippen LogP) is 3.06. The number of hydrogen-bond acceptors (Lipinski definition) is 5. The van der Waals surface area contributed by atoms with Gasteiger partial charge in [0.25, 0.3) is 0 Å². The van der Waals surface area contributed by atoms with Crippen LogP contribution in [-0.2, 0) is 24.3 Å². The molecule has 4 rings (SSSR count). The van der Waals surface area contributed by atoms with Gasteiger partial charge < -0.3 is 10.2 Å². The van der Waals surface area contributed by atoms with Gasteiger partial charge in [-0.15, -0.1) is 17.5 Å². The minimum absolute atomic E-state index is 0. The number of carbonyl (C=O) groups is 1. The number of carbonyl (C=O) groups excluding carboxylic acids is 1. The molecule has 1 amide bonds. The Morgan fingerprint density at radius 1 is 1.22 bits per heavy atom. The molecule has 142 valence electrons. The van der Waals surface area contributed by atoms with E-state index in [2.05, 4.69) is 32.7 Å². The van der Waals surface area contributed by atoms with Crippen LogP contribution < -0.4 is 5.32 Å². The first-order valence-electron chi connectivity index (χ1n) is 9.13. The molecule has 1 N–H and O–H groups in total. The molecule has 27 heavy (non-hydrogen) atoms. The minimum Gasteiger partial charge on any atom is -0.364 e. The average molecular weight is 386 g/mol. The maximum Gasteiger partial charge on any atom is 0.226 e. The van der Waals surface area contributed by atoms with Crippen LogP contribution in [-0.4, -0.2) is 32.5 Å². The highest BCUT2D eigenvalue weighted by molar-refractivity contribution is 5.85. The Morgan fingerprint density at radius 2 is 2.04 bits per heavy atom. The summed E-state index contributed by atoms with van der Waals surface area (Å²) < 4.78 is 0. The highest BCUT2D eigenvalue weighted by atomic mass is 35.5. The molecule has 0 radical (unpaired) electrons. The quantitative estimate of drug-likeness (QED) is 0.819. The molecule has 0 aromatic carbocycles. The maximum atomic E-state index is 12.7. The monoisotopic (exact) mass is 385 g/mol. The van der Waals surface area contributed by atoms with Crippen LogP contribution >= 0.6 is 12.4 Å². The van der Waals surface area contributed by atoms with E-state index in [1.165, 1.54) is 11.1 Å². The lowest BCUT2D eigenvalue weighted by atomic mass is 9.95. The highest BCUT2D eigenvalue weighted by Crippen LogP contribution is 2.26. The summed E-state index contributed by atoms with van der Waals surface area (Å²) in [6.07, 6.45) is 10.7. The van der Waals surface area contributed by atoms with Gasteiger partial charge in [-0.2, -0.15) is 5.10 Å². The normalized spacial score (nSPS) is 16.0. The fourth-order valence-electron chi connectivity index (χ4n) is 3.66. The van der Waals surface area contributed by atoms with Crippen molar-refractivity contribution >= 4 is 24.1 Å². The van der Waals surface area contributed by atoms with Crippen molar-refractivity contribution in [1.82, 2.24) is 20.1 Å². The number of hydrogen-bond donors (Lipinski definition) is 1. The number of fused-ring (bicyclic) bond motifs is 1. The maximum absolute atomic E-state index is 12.7. The van der Waals surface area contributed by atoms with E-state index in [4.69, 9.17) is 0 Å². The fraction of sp³-hybridized carbons (Fsp3) is 0.400. The first-order valence-corrected chi connectivity index (χ1v) is 9.13. The van der Waals surface area contributed by atoms with Crippen LogP contribution in [0.1, 0.15) is 35.2 Å². The summed E-state index contributed by atoms with van der Waals surface area (Å²) in [4.78, 5) is 19.1. The summed E-state index contributed by atoms with van der Waals surface area (Å²) in [6, 6.07) is 3.87. The Hall–Kier alpha value is -2.47. The SMILES string of the molecule is Cc1ccc(NCc2cncc3c2CCN(C(=O)C2CC=CC2)C3)nn1.Cl. The second-order valence-electron chi connectivity index (χ2n) is 7.00. The van der Waals surface area contributed by atoms with Gasteiger partial charge in [0.05, 0.1) is 5.69 Å². The molecular formula is C20H24ClN5O. The summed E-state index contributed by atoms with van der Waals surface area (Å²) in [6.45, 7) is 4.02. The molecule has 1 aliphatic carbocycles. The predicted molar refractivity (Wildman–Crippen MR) is 107 cm³/mol. The Balaban J connectivity index is 0.00000210. The van der Waals surface area contributed by atoms with Gasteiger partial charge in [-0.25, -0.2) is 0 Å². The average Bonchev–Trinajstić information content (AvgIpc) is 3.21. The van der Waals surface area contributed by atoms with Gasteiger partial charge in [0.2, 0.25) is 5.91 Å². The molecular weight excluding hydrogens is 362 g/mol. The molecule has 0 atom stereocenters. The van der Waals surface area contributed by atoms with Crippen molar-refractivity contribution < 1.29 is 4.79 Å². The van der Waals surface area contributed by atoms with Crippen LogP contribution in [0.5, 0.6) is 0 Å². The smallest absolute Gasteiger partial charge is 0.226 e. The number of nitrogens with zero attached hydrogens (tertiary/aromatic N) is 4. The van der Waals surface area contributed by atoms with Crippen LogP contribution in [0.2, 0.25) is 0 Å². The molecule has 0 unspecified atom stereocenters. The van der Waals surface area contributed by atoms with Crippen molar-refractivity contribution in [3.8, 4) is 0 Å². The Kier molecular flexibility index (Phi) is 6.06. The molecule has 3 heterocycles. The topological polar surface area (TPSA) is 71.0 Å². The molecule has 2 aliphatic rings. The molecule has 0 bridgehead atoms. The third-order valence-corrected chi connectivity index (χ3v) is 5.16. The second-order valence-corrected chi connectivity index (χ2v) is 7.00. The van der Waals surface area contributed by atoms with Gasteiger partial charge in [-0.3, -0.25) is 9.78 Å². The first-order chi connectivity index (χ1) is 12.7. The summed E-state index contributed by atoms with van der Waals surface area (Å²) in [5.41, 5.74) is 4.53. The largest absolute Gasteiger partial charge is 0.364 e. The van der Waals surface area contributed by atoms with Crippen LogP contribution in [0.4, 0.5) is 5.82 Å². The van der Waals surface area contributed by atoms with Gasteiger partial charge in [0.15, 0.2) is 0 Å². The van der Waals surface area contributed by atoms with Crippen LogP contribution in [0.25, 0.3) is 0 Å². The number of aromatic nitrogens is 3. The third-order valence-electron chi connectivity index (χ3n) is 5.16. The minimum atomic E-state index is 0. The Morgan fingerprint density at radius 3 is 2.78 bits per heavy atom. The second kappa shape index (κ2) is 8.48. The van der Waals surface area contributed by atoms with E-state index in [1.54, 1.807) is 0 Å². The fourth-order valence-corrected chi connectivity index (χ4v) is 3.66. The molecule has 6 nitrogen and oxygen atoms in total. The lowest BCUT2D eigenvalue weighted by Gasteiger charge is -2.31. The van der Waals surface area contributed by atoms with Crippen molar-refractivity contribution in [1.29, 1.82) is 0 Å². The van der Waals surface area contributed by atoms with Crippen molar-refractivity contribution in [3.63, 3.8) is 0 Å². The number of nitrogens with one attached hydrogen (secondary N) is 1. The van der Waals surface area contributed by atoms with E-state index in [0.29, 0.717) is 13.1 Å². The van der Waals surface area contributed by atoms with Gasteiger partial charge in [0.1, 0.15) is 5.82 Å². The summed E-state index contributed by atoms with van der Waals surface area (Å²) >= 11 is 0. The van der Waals surface area contributed by atoms with Crippen molar-refractivity contribution in [2.75, 3.05) is 11.9 Å². The van der Waals surface area contributed by atoms with E-state index < -0.39 is 0 Å². The molecule has 0 fully saturated rings. The lowest BCUT2D eigenvalue weighted by Crippen LogP contribution is -2.39. The lowest BCUT2D eigenvalue weighted by molar-refractivity contribution is -0.136. The number of anilines is 1. The van der Waals surface area contributed by atoms with Gasteiger partial charge in [-0.05, 0) is 55.0 Å². The summed E-state index contributed by atoms with van der Waals surface area (Å²) in [7, 11) is 0. The van der Waals surface area contributed by atoms with Crippen LogP contribution in [0.3, 0.4) is 0 Å². The van der Waals surface area contributed by atoms with Gasteiger partial charge >= 0.3 is 0 Å². The van der Waals surface area contributed by atoms with Gasteiger partial charge in [-0.1, -0.05) is 12.2 Å². The van der Waals surface area contributed by atoms with Crippen LogP contribution in [0, 0.1) is 12.8 Å². The van der Waals surface area contributed by atoms with Crippen molar-refractivity contribution in [2.24, 2.45) is 5.92 Å². The molecule has 1 aliphatic heterocycles. The number of rotatable bonds is 4. The van der Waals surface area contributed by atoms with E-state index in [9.17, 15) is 4.79 Å². The number of allylic oxidation sites excluding steroid dienone is 2. The number of halogens is 1. The van der Waals surface area contributed by atoms with E-state index >= 15 is 0 Å². The highest BCUT2D eigenvalue weighted by Gasteiger charge is 2.28. The van der Waals surface area contributed by atoms with Gasteiger partial charge in [0, 0.05) is 37.9 Å². The van der Waals surface area contributed by atoms with E-state index in [1.807, 2.05) is 36.4 Å². The number of amides is 1. The molecule has 2 aromatic rings. The molecule has 7 heteroatoms. The van der Waals surface area contributed by atoms with Crippen LogP contribution in [0.15, 0.2) is 36.7 Å². The van der Waals surface area contributed by atoms with E-state index in [0.717, 1.165) is 42.9 Å². The molecule has 0 spiro atoms. The van der Waals surface area contributed by atoms with Crippen molar-refractivity contribution in [2.45, 2.75) is 39.3 Å². The third kappa shape index (κ3) is 4.27. The standard InChI is InChI=1S/C20H23N5O.ClH/c1-14-6-7-19(24-23-14)22-12-16-10-21-11-17-13-25(9-8-18(16)17)20(26)15-4-2-3-5-15;/h2-3,6-7,10-11,15H,4-5,8-9,12-13H2,1H3,(H,22,24);1H. The molecule has 0 saturated heterocycles. The number of pyridine rings is 1. The number of aryl methyl sites for hydroxylation is 1. The summed E-state index contributed by atoms with van der Waals surface area (Å²) in [5.74, 6) is 1.17. The zero-order valence-corrected chi connectivity index (χ0v) is 16.2. The zero-order valence-electron chi connectivity index (χ0n) is 15.4. The zero-order chi connectivity index (χ0) is 17.9. The first kappa shape index (κ1) is 19.3.